The molecule has 3 aromatic carbocycles. The molecule has 7 nitrogen and oxygen atoms in total. The molecule has 0 fully saturated rings. The monoisotopic (exact) mass is 483 g/mol. The molecule has 0 saturated carbocycles. The smallest absolute Gasteiger partial charge is 0.261 e. The van der Waals surface area contributed by atoms with Gasteiger partial charge < -0.3 is 10.6 Å². The van der Waals surface area contributed by atoms with Crippen molar-refractivity contribution < 1.29 is 18.0 Å². The van der Waals surface area contributed by atoms with Gasteiger partial charge in [-0.15, -0.1) is 11.8 Å². The highest BCUT2D eigenvalue weighted by atomic mass is 32.2. The number of amides is 2. The number of para-hydroxylation sites is 1. The minimum atomic E-state index is -4.02. The van der Waals surface area contributed by atoms with E-state index in [4.69, 9.17) is 0 Å². The Morgan fingerprint density at radius 2 is 1.58 bits per heavy atom. The topological polar surface area (TPSA) is 104 Å². The molecule has 0 bridgehead atoms. The molecule has 3 rings (SSSR count). The molecule has 0 unspecified atom stereocenters. The number of carbonyl (C=O) groups excluding carboxylic acids is 2. The molecular weight excluding hydrogens is 458 g/mol. The van der Waals surface area contributed by atoms with Crippen molar-refractivity contribution in [2.75, 3.05) is 16.3 Å². The summed E-state index contributed by atoms with van der Waals surface area (Å²) in [5.74, 6) is -0.705. The van der Waals surface area contributed by atoms with E-state index < -0.39 is 15.9 Å². The lowest BCUT2D eigenvalue weighted by Gasteiger charge is -2.17. The van der Waals surface area contributed by atoms with Crippen molar-refractivity contribution in [2.45, 2.75) is 29.7 Å². The Morgan fingerprint density at radius 3 is 2.24 bits per heavy atom. The van der Waals surface area contributed by atoms with Gasteiger partial charge in [0.15, 0.2) is 0 Å². The zero-order chi connectivity index (χ0) is 24.0. The van der Waals surface area contributed by atoms with Crippen LogP contribution in [0.25, 0.3) is 0 Å². The average Bonchev–Trinajstić information content (AvgIpc) is 2.79. The first kappa shape index (κ1) is 24.3. The van der Waals surface area contributed by atoms with E-state index in [0.29, 0.717) is 5.69 Å². The first-order chi connectivity index (χ1) is 15.7. The summed E-state index contributed by atoms with van der Waals surface area (Å²) in [5.41, 5.74) is 1.70. The van der Waals surface area contributed by atoms with Gasteiger partial charge in [-0.05, 0) is 49.1 Å². The molecule has 0 saturated heterocycles. The predicted molar refractivity (Wildman–Crippen MR) is 132 cm³/mol. The molecule has 0 radical (unpaired) electrons. The van der Waals surface area contributed by atoms with Crippen LogP contribution in [-0.4, -0.2) is 26.5 Å². The number of hydrogen-bond donors (Lipinski definition) is 3. The summed E-state index contributed by atoms with van der Waals surface area (Å²) in [6.45, 7) is 3.21. The number of thioether (sulfide) groups is 1. The number of benzene rings is 3. The summed E-state index contributed by atoms with van der Waals surface area (Å²) in [6, 6.07) is 20.1. The van der Waals surface area contributed by atoms with Gasteiger partial charge in [-0.3, -0.25) is 14.3 Å². The van der Waals surface area contributed by atoms with Gasteiger partial charge >= 0.3 is 0 Å². The van der Waals surface area contributed by atoms with Crippen LogP contribution in [0.2, 0.25) is 0 Å². The summed E-state index contributed by atoms with van der Waals surface area (Å²) in [7, 11) is -4.02. The van der Waals surface area contributed by atoms with Gasteiger partial charge in [-0.1, -0.05) is 42.5 Å². The zero-order valence-electron chi connectivity index (χ0n) is 18.5. The third-order valence-electron chi connectivity index (χ3n) is 4.86. The minimum absolute atomic E-state index is 0.0306. The molecule has 9 heteroatoms. The van der Waals surface area contributed by atoms with Crippen molar-refractivity contribution in [3.63, 3.8) is 0 Å². The van der Waals surface area contributed by atoms with Crippen molar-refractivity contribution in [3.8, 4) is 0 Å². The first-order valence-electron chi connectivity index (χ1n) is 10.1. The molecule has 0 aliphatic rings. The van der Waals surface area contributed by atoms with E-state index in [1.165, 1.54) is 36.9 Å². The van der Waals surface area contributed by atoms with Crippen molar-refractivity contribution in [1.82, 2.24) is 5.32 Å². The van der Waals surface area contributed by atoms with Crippen molar-refractivity contribution in [2.24, 2.45) is 0 Å². The van der Waals surface area contributed by atoms with E-state index in [9.17, 15) is 18.0 Å². The number of hydrogen-bond acceptors (Lipinski definition) is 5. The third kappa shape index (κ3) is 6.15. The number of sulfonamides is 1. The molecule has 2 amide bonds. The normalized spacial score (nSPS) is 12.0. The lowest BCUT2D eigenvalue weighted by molar-refractivity contribution is -0.114. The predicted octanol–water partition coefficient (Wildman–Crippen LogP) is 4.66. The van der Waals surface area contributed by atoms with Crippen LogP contribution in [0.3, 0.4) is 0 Å². The summed E-state index contributed by atoms with van der Waals surface area (Å²) in [6.07, 6.45) is 1.83. The number of nitrogens with one attached hydrogen (secondary N) is 3. The van der Waals surface area contributed by atoms with Gasteiger partial charge in [0.1, 0.15) is 0 Å². The van der Waals surface area contributed by atoms with Crippen molar-refractivity contribution in [3.05, 3.63) is 83.9 Å². The standard InChI is InChI=1S/C24H25N3O4S2/c1-16(18-9-5-4-6-10-18)25-24(29)20-11-7-8-12-21(20)27-33(30,31)19-13-14-23(32-3)22(15-19)26-17(2)28/h4-16,27H,1-3H3,(H,25,29)(H,26,28)/t16-/m0/s1. The average molecular weight is 484 g/mol. The molecule has 0 heterocycles. The lowest BCUT2D eigenvalue weighted by atomic mass is 10.1. The third-order valence-corrected chi connectivity index (χ3v) is 7.01. The van der Waals surface area contributed by atoms with Crippen LogP contribution in [0.5, 0.6) is 0 Å². The first-order valence-corrected chi connectivity index (χ1v) is 12.9. The largest absolute Gasteiger partial charge is 0.345 e. The van der Waals surface area contributed by atoms with Crippen LogP contribution in [0, 0.1) is 0 Å². The summed E-state index contributed by atoms with van der Waals surface area (Å²) >= 11 is 1.39. The van der Waals surface area contributed by atoms with Crippen LogP contribution in [0.15, 0.2) is 82.6 Å². The maximum absolute atomic E-state index is 13.1. The van der Waals surface area contributed by atoms with Crippen LogP contribution >= 0.6 is 11.8 Å². The molecule has 0 spiro atoms. The van der Waals surface area contributed by atoms with Crippen LogP contribution in [0.4, 0.5) is 11.4 Å². The Labute approximate surface area is 198 Å². The fourth-order valence-corrected chi connectivity index (χ4v) is 4.85. The van der Waals surface area contributed by atoms with Gasteiger partial charge in [-0.25, -0.2) is 8.42 Å². The second-order valence-electron chi connectivity index (χ2n) is 7.30. The molecule has 172 valence electrons. The highest BCUT2D eigenvalue weighted by molar-refractivity contribution is 7.98. The zero-order valence-corrected chi connectivity index (χ0v) is 20.1. The molecule has 3 N–H and O–H groups in total. The van der Waals surface area contributed by atoms with Gasteiger partial charge in [0, 0.05) is 11.8 Å². The summed E-state index contributed by atoms with van der Waals surface area (Å²) in [4.78, 5) is 25.2. The summed E-state index contributed by atoms with van der Waals surface area (Å²) in [5, 5.41) is 5.55. The highest BCUT2D eigenvalue weighted by Gasteiger charge is 2.21. The molecule has 3 aromatic rings. The molecule has 1 atom stereocenters. The number of rotatable bonds is 8. The molecule has 0 aliphatic carbocycles. The van der Waals surface area contributed by atoms with Crippen LogP contribution in [0.1, 0.15) is 35.8 Å². The van der Waals surface area contributed by atoms with Gasteiger partial charge in [-0.2, -0.15) is 0 Å². The number of anilines is 2. The Balaban J connectivity index is 1.87. The second-order valence-corrected chi connectivity index (χ2v) is 9.83. The van der Waals surface area contributed by atoms with Crippen molar-refractivity contribution >= 4 is 45.0 Å². The van der Waals surface area contributed by atoms with E-state index in [0.717, 1.165) is 10.5 Å². The fraction of sp³-hybridized carbons (Fsp3) is 0.167. The van der Waals surface area contributed by atoms with E-state index in [2.05, 4.69) is 15.4 Å². The Kier molecular flexibility index (Phi) is 7.78. The van der Waals surface area contributed by atoms with Gasteiger partial charge in [0.05, 0.1) is 27.9 Å². The maximum atomic E-state index is 13.1. The van der Waals surface area contributed by atoms with Crippen LogP contribution in [-0.2, 0) is 14.8 Å². The van der Waals surface area contributed by atoms with Gasteiger partial charge in [0.25, 0.3) is 15.9 Å². The van der Waals surface area contributed by atoms with Crippen molar-refractivity contribution in [1.29, 1.82) is 0 Å². The second kappa shape index (κ2) is 10.5. The highest BCUT2D eigenvalue weighted by Crippen LogP contribution is 2.29. The SMILES string of the molecule is CSc1ccc(S(=O)(=O)Nc2ccccc2C(=O)N[C@@H](C)c2ccccc2)cc1NC(C)=O. The lowest BCUT2D eigenvalue weighted by Crippen LogP contribution is -2.28. The molecule has 0 aromatic heterocycles. The summed E-state index contributed by atoms with van der Waals surface area (Å²) < 4.78 is 28.7. The minimum Gasteiger partial charge on any atom is -0.345 e. The quantitative estimate of drug-likeness (QED) is 0.404. The van der Waals surface area contributed by atoms with Crippen LogP contribution < -0.4 is 15.4 Å². The maximum Gasteiger partial charge on any atom is 0.261 e. The fourth-order valence-electron chi connectivity index (χ4n) is 3.21. The molecule has 33 heavy (non-hydrogen) atoms. The van der Waals surface area contributed by atoms with E-state index in [-0.39, 0.29) is 28.1 Å². The molecular formula is C24H25N3O4S2. The van der Waals surface area contributed by atoms with E-state index >= 15 is 0 Å². The number of carbonyl (C=O) groups is 2. The van der Waals surface area contributed by atoms with Gasteiger partial charge in [0.2, 0.25) is 5.91 Å². The Morgan fingerprint density at radius 1 is 0.909 bits per heavy atom. The Bertz CT molecular complexity index is 1260. The Hall–Kier alpha value is -3.30. The molecule has 0 aliphatic heterocycles. The van der Waals surface area contributed by atoms with E-state index in [1.54, 1.807) is 24.3 Å². The van der Waals surface area contributed by atoms with E-state index in [1.807, 2.05) is 43.5 Å².